The lowest BCUT2D eigenvalue weighted by molar-refractivity contribution is -0.102. The van der Waals surface area contributed by atoms with Crippen LogP contribution in [0, 0.1) is 0 Å². The maximum atomic E-state index is 9.10. The van der Waals surface area contributed by atoms with Crippen LogP contribution >= 0.6 is 12.4 Å². The summed E-state index contributed by atoms with van der Waals surface area (Å²) in [4.78, 5) is 9.10. The molecule has 0 bridgehead atoms. The van der Waals surface area contributed by atoms with E-state index < -0.39 is 0 Å². The molecule has 0 aromatic heterocycles. The highest BCUT2D eigenvalue weighted by Crippen LogP contribution is 1.36. The average Bonchev–Trinajstić information content (AvgIpc) is 1.41. The number of carbonyl (C=O) groups excluding carboxylic acids is 1. The second-order valence-electron chi connectivity index (χ2n) is 0.401. The Balaban J connectivity index is 0. The molecule has 0 aliphatic heterocycles. The Morgan fingerprint density at radius 1 is 1.67 bits per heavy atom. The number of hydrogen-bond acceptors (Lipinski definition) is 3. The van der Waals surface area contributed by atoms with Crippen molar-refractivity contribution in [2.24, 2.45) is 5.16 Å². The van der Waals surface area contributed by atoms with Crippen LogP contribution in [0.4, 0.5) is 0 Å². The van der Waals surface area contributed by atoms with E-state index in [-0.39, 0.29) is 12.4 Å². The fourth-order valence-corrected chi connectivity index (χ4v) is 0.0272. The summed E-state index contributed by atoms with van der Waals surface area (Å²) in [6, 6.07) is 0. The highest BCUT2D eigenvalue weighted by molar-refractivity contribution is 6.12. The second-order valence-corrected chi connectivity index (χ2v) is 0.401. The van der Waals surface area contributed by atoms with E-state index in [1.54, 1.807) is 0 Å². The summed E-state index contributed by atoms with van der Waals surface area (Å²) in [6.45, 7) is 0. The third-order valence-electron chi connectivity index (χ3n) is 0.128. The molecule has 6 heavy (non-hydrogen) atoms. The molecule has 0 amide bonds. The van der Waals surface area contributed by atoms with Crippen LogP contribution in [-0.4, -0.2) is 17.7 Å². The quantitative estimate of drug-likeness (QED) is 0.224. The van der Waals surface area contributed by atoms with Crippen molar-refractivity contribution in [3.05, 3.63) is 0 Å². The van der Waals surface area contributed by atoms with Gasteiger partial charge >= 0.3 is 0 Å². The topological polar surface area (TPSA) is 49.7 Å². The molecule has 0 atom stereocenters. The van der Waals surface area contributed by atoms with E-state index in [0.29, 0.717) is 6.29 Å². The smallest absolute Gasteiger partial charge is 0.164 e. The molecule has 0 rings (SSSR count). The van der Waals surface area contributed by atoms with Crippen LogP contribution < -0.4 is 0 Å². The molecule has 0 aromatic rings. The van der Waals surface area contributed by atoms with E-state index >= 15 is 0 Å². The van der Waals surface area contributed by atoms with E-state index in [0.717, 1.165) is 6.21 Å². The van der Waals surface area contributed by atoms with Crippen molar-refractivity contribution in [2.75, 3.05) is 0 Å². The predicted molar refractivity (Wildman–Crippen MR) is 23.6 cm³/mol. The third kappa shape index (κ3) is 9.90. The first-order chi connectivity index (χ1) is 2.41. The largest absolute Gasteiger partial charge is 0.411 e. The van der Waals surface area contributed by atoms with Gasteiger partial charge in [-0.05, 0) is 0 Å². The fraction of sp³-hybridized carbons (Fsp3) is 0. The van der Waals surface area contributed by atoms with Crippen LogP contribution in [0.25, 0.3) is 0 Å². The maximum Gasteiger partial charge on any atom is 0.164 e. The van der Waals surface area contributed by atoms with Crippen LogP contribution in [0.5, 0.6) is 0 Å². The lowest BCUT2D eigenvalue weighted by Crippen LogP contribution is -1.67. The van der Waals surface area contributed by atoms with Gasteiger partial charge in [-0.2, -0.15) is 0 Å². The number of halogens is 1. The molecule has 0 saturated heterocycles. The highest BCUT2D eigenvalue weighted by Gasteiger charge is 1.51. The van der Waals surface area contributed by atoms with Gasteiger partial charge in [-0.15, -0.1) is 12.4 Å². The zero-order valence-corrected chi connectivity index (χ0v) is 3.68. The summed E-state index contributed by atoms with van der Waals surface area (Å²) in [7, 11) is 0. The zero-order chi connectivity index (χ0) is 4.12. The molecule has 0 fully saturated rings. The molecule has 0 aliphatic carbocycles. The van der Waals surface area contributed by atoms with Crippen molar-refractivity contribution in [1.82, 2.24) is 0 Å². The summed E-state index contributed by atoms with van der Waals surface area (Å²) in [5, 5.41) is 9.77. The van der Waals surface area contributed by atoms with Gasteiger partial charge in [-0.25, -0.2) is 0 Å². The minimum absolute atomic E-state index is 0. The van der Waals surface area contributed by atoms with E-state index in [2.05, 4.69) is 5.16 Å². The van der Waals surface area contributed by atoms with Crippen LogP contribution in [-0.2, 0) is 4.79 Å². The fourth-order valence-electron chi connectivity index (χ4n) is 0.0272. The Bertz CT molecular complexity index is 53.5. The standard InChI is InChI=1S/C2H3NO2.ClH/c4-2-1-3-5;/h1-2,5H;1H/b3-1+;. The molecular formula is C2H4ClNO2. The first-order valence-electron chi connectivity index (χ1n) is 1.03. The summed E-state index contributed by atoms with van der Waals surface area (Å²) in [6.07, 6.45) is 1.14. The minimum atomic E-state index is 0. The minimum Gasteiger partial charge on any atom is -0.411 e. The first-order valence-corrected chi connectivity index (χ1v) is 1.03. The number of aldehydes is 1. The Hall–Kier alpha value is -0.570. The van der Waals surface area contributed by atoms with Gasteiger partial charge in [0.15, 0.2) is 6.29 Å². The molecule has 0 aliphatic rings. The first kappa shape index (κ1) is 9.06. The molecule has 0 saturated carbocycles. The van der Waals surface area contributed by atoms with Gasteiger partial charge in [0.25, 0.3) is 0 Å². The number of carbonyl (C=O) groups is 1. The molecule has 4 heteroatoms. The number of nitrogens with zero attached hydrogens (tertiary/aromatic N) is 1. The molecule has 36 valence electrons. The maximum absolute atomic E-state index is 9.10. The second kappa shape index (κ2) is 8.83. The van der Waals surface area contributed by atoms with E-state index in [4.69, 9.17) is 10.0 Å². The number of hydrogen-bond donors (Lipinski definition) is 1. The van der Waals surface area contributed by atoms with Crippen molar-refractivity contribution in [2.45, 2.75) is 0 Å². The molecule has 0 radical (unpaired) electrons. The van der Waals surface area contributed by atoms with Gasteiger partial charge in [0, 0.05) is 0 Å². The summed E-state index contributed by atoms with van der Waals surface area (Å²) in [5.74, 6) is 0. The number of oxime groups is 1. The summed E-state index contributed by atoms with van der Waals surface area (Å²) in [5.41, 5.74) is 0. The van der Waals surface area contributed by atoms with Crippen molar-refractivity contribution in [1.29, 1.82) is 0 Å². The van der Waals surface area contributed by atoms with Crippen LogP contribution in [0.15, 0.2) is 5.16 Å². The summed E-state index contributed by atoms with van der Waals surface area (Å²) >= 11 is 0. The lowest BCUT2D eigenvalue weighted by Gasteiger charge is -1.54. The van der Waals surface area contributed by atoms with E-state index in [1.807, 2.05) is 0 Å². The SMILES string of the molecule is Cl.O=C/C=N/O. The van der Waals surface area contributed by atoms with E-state index in [9.17, 15) is 0 Å². The van der Waals surface area contributed by atoms with Crippen molar-refractivity contribution < 1.29 is 10.0 Å². The van der Waals surface area contributed by atoms with Crippen LogP contribution in [0.3, 0.4) is 0 Å². The molecule has 0 aromatic carbocycles. The Morgan fingerprint density at radius 3 is 2.17 bits per heavy atom. The average molecular weight is 110 g/mol. The van der Waals surface area contributed by atoms with E-state index in [1.165, 1.54) is 0 Å². The molecular weight excluding hydrogens is 105 g/mol. The molecule has 3 nitrogen and oxygen atoms in total. The Kier molecular flexibility index (Phi) is 13.3. The molecule has 0 spiro atoms. The lowest BCUT2D eigenvalue weighted by atomic mass is 10.9. The molecule has 1 N–H and O–H groups in total. The Labute approximate surface area is 41.1 Å². The normalized spacial score (nSPS) is 7.33. The number of rotatable bonds is 1. The molecule has 0 heterocycles. The zero-order valence-electron chi connectivity index (χ0n) is 2.87. The van der Waals surface area contributed by atoms with Crippen molar-refractivity contribution in [3.63, 3.8) is 0 Å². The highest BCUT2D eigenvalue weighted by atomic mass is 35.5. The summed E-state index contributed by atoms with van der Waals surface area (Å²) < 4.78 is 0. The van der Waals surface area contributed by atoms with Gasteiger partial charge in [0.1, 0.15) is 6.21 Å². The van der Waals surface area contributed by atoms with Gasteiger partial charge in [-0.1, -0.05) is 5.16 Å². The van der Waals surface area contributed by atoms with Crippen molar-refractivity contribution >= 4 is 24.9 Å². The van der Waals surface area contributed by atoms with Crippen LogP contribution in [0.2, 0.25) is 0 Å². The predicted octanol–water partition coefficient (Wildman–Crippen LogP) is 0.0671. The van der Waals surface area contributed by atoms with Gasteiger partial charge in [0.05, 0.1) is 0 Å². The van der Waals surface area contributed by atoms with Gasteiger partial charge in [-0.3, -0.25) is 4.79 Å². The Morgan fingerprint density at radius 2 is 2.17 bits per heavy atom. The van der Waals surface area contributed by atoms with Crippen molar-refractivity contribution in [3.8, 4) is 0 Å². The van der Waals surface area contributed by atoms with Gasteiger partial charge < -0.3 is 5.21 Å². The van der Waals surface area contributed by atoms with Crippen LogP contribution in [0.1, 0.15) is 0 Å². The molecule has 0 unspecified atom stereocenters. The third-order valence-corrected chi connectivity index (χ3v) is 0.128. The monoisotopic (exact) mass is 109 g/mol. The van der Waals surface area contributed by atoms with Gasteiger partial charge in [0.2, 0.25) is 0 Å².